The molecule has 8 nitrogen and oxygen atoms in total. The second kappa shape index (κ2) is 61.3. The average molecular weight is 1130 g/mol. The summed E-state index contributed by atoms with van der Waals surface area (Å²) in [6.07, 6.45) is 81.5. The van der Waals surface area contributed by atoms with E-state index in [0.717, 1.165) is 44.9 Å². The van der Waals surface area contributed by atoms with E-state index in [1.165, 1.54) is 289 Å². The lowest BCUT2D eigenvalue weighted by Crippen LogP contribution is -2.45. The number of hydrogen-bond acceptors (Lipinski definition) is 6. The normalized spacial score (nSPS) is 13.9. The molecule has 0 fully saturated rings. The van der Waals surface area contributed by atoms with Crippen LogP contribution >= 0.6 is 7.82 Å². The fraction of sp³-hybridized carbons (Fsp3) is 0.900. The first kappa shape index (κ1) is 77.7. The lowest BCUT2D eigenvalue weighted by molar-refractivity contribution is -0.870. The minimum absolute atomic E-state index is 0.00724. The molecule has 0 saturated heterocycles. The number of nitrogens with one attached hydrogen (secondary N) is 1. The van der Waals surface area contributed by atoms with Gasteiger partial charge < -0.3 is 28.8 Å². The Kier molecular flexibility index (Phi) is 60.3. The number of likely N-dealkylation sites (N-methyl/N-ethyl adjacent to an activating group) is 1. The minimum Gasteiger partial charge on any atom is -0.756 e. The van der Waals surface area contributed by atoms with Crippen molar-refractivity contribution in [3.05, 3.63) is 36.5 Å². The number of quaternary nitrogens is 1. The molecule has 3 unspecified atom stereocenters. The van der Waals surface area contributed by atoms with Crippen LogP contribution in [0.15, 0.2) is 36.5 Å². The Morgan fingerprint density at radius 2 is 0.709 bits per heavy atom. The Bertz CT molecular complexity index is 1380. The van der Waals surface area contributed by atoms with E-state index in [-0.39, 0.29) is 12.5 Å². The van der Waals surface area contributed by atoms with Gasteiger partial charge in [0, 0.05) is 6.42 Å². The van der Waals surface area contributed by atoms with Gasteiger partial charge in [0.2, 0.25) is 5.91 Å². The number of aliphatic hydroxyl groups excluding tert-OH is 1. The van der Waals surface area contributed by atoms with E-state index in [1.807, 2.05) is 27.2 Å². The zero-order valence-corrected chi connectivity index (χ0v) is 54.5. The highest BCUT2D eigenvalue weighted by atomic mass is 31.2. The number of carbonyl (C=O) groups excluding carboxylic acids is 1. The predicted molar refractivity (Wildman–Crippen MR) is 344 cm³/mol. The molecule has 0 radical (unpaired) electrons. The van der Waals surface area contributed by atoms with E-state index < -0.39 is 26.6 Å². The summed E-state index contributed by atoms with van der Waals surface area (Å²) in [5.41, 5.74) is 0. The van der Waals surface area contributed by atoms with Crippen LogP contribution in [0.3, 0.4) is 0 Å². The molecule has 0 aromatic rings. The Balaban J connectivity index is 3.95. The van der Waals surface area contributed by atoms with Crippen molar-refractivity contribution in [2.24, 2.45) is 0 Å². The van der Waals surface area contributed by atoms with Crippen LogP contribution in [-0.2, 0) is 18.4 Å². The molecule has 0 aliphatic heterocycles. The number of nitrogens with zero attached hydrogens (tertiary/aromatic N) is 1. The van der Waals surface area contributed by atoms with Crippen LogP contribution < -0.4 is 10.2 Å². The maximum atomic E-state index is 13.0. The summed E-state index contributed by atoms with van der Waals surface area (Å²) in [7, 11) is 1.25. The quantitative estimate of drug-likeness (QED) is 0.0272. The molecular formula is C70H137N2O6P. The van der Waals surface area contributed by atoms with Gasteiger partial charge in [0.1, 0.15) is 13.2 Å². The van der Waals surface area contributed by atoms with Gasteiger partial charge in [-0.1, -0.05) is 339 Å². The van der Waals surface area contributed by atoms with E-state index in [9.17, 15) is 19.4 Å². The first-order valence-electron chi connectivity index (χ1n) is 34.9. The lowest BCUT2D eigenvalue weighted by atomic mass is 10.0. The van der Waals surface area contributed by atoms with Crippen molar-refractivity contribution in [1.29, 1.82) is 0 Å². The number of allylic oxidation sites excluding steroid dienone is 5. The standard InChI is InChI=1S/C70H137N2O6P/c1-6-8-10-12-14-16-18-20-22-24-26-27-28-29-30-31-32-33-34-35-36-37-38-39-40-41-42-43-44-46-48-50-52-54-56-58-60-62-64-70(74)71-68(67-78-79(75,76)77-66-65-72(3,4)5)69(73)63-61-59-57-55-53-51-49-47-45-25-23-21-19-17-15-13-11-9-7-2/h45,47,53,55,61,63,68-69,73H,6-44,46,48-52,54,56-60,62,64-67H2,1-5H3,(H-,71,74,75,76)/b47-45+,55-53+,63-61+. The number of phosphoric ester groups is 1. The molecule has 0 aromatic carbocycles. The molecule has 3 atom stereocenters. The third-order valence-electron chi connectivity index (χ3n) is 16.1. The van der Waals surface area contributed by atoms with Gasteiger partial charge in [0.15, 0.2) is 0 Å². The summed E-state index contributed by atoms with van der Waals surface area (Å²) < 4.78 is 23.4. The highest BCUT2D eigenvalue weighted by Gasteiger charge is 2.23. The molecule has 0 spiro atoms. The van der Waals surface area contributed by atoms with E-state index in [1.54, 1.807) is 6.08 Å². The van der Waals surface area contributed by atoms with E-state index in [0.29, 0.717) is 17.4 Å². The highest BCUT2D eigenvalue weighted by molar-refractivity contribution is 7.45. The predicted octanol–water partition coefficient (Wildman–Crippen LogP) is 21.4. The summed E-state index contributed by atoms with van der Waals surface area (Å²) in [5.74, 6) is -0.204. The molecule has 1 amide bonds. The van der Waals surface area contributed by atoms with Crippen molar-refractivity contribution in [3.8, 4) is 0 Å². The number of rotatable bonds is 65. The number of phosphoric acid groups is 1. The van der Waals surface area contributed by atoms with Crippen molar-refractivity contribution in [3.63, 3.8) is 0 Å². The highest BCUT2D eigenvalue weighted by Crippen LogP contribution is 2.38. The van der Waals surface area contributed by atoms with Gasteiger partial charge in [0.25, 0.3) is 7.82 Å². The number of unbranched alkanes of at least 4 members (excludes halogenated alkanes) is 48. The van der Waals surface area contributed by atoms with Gasteiger partial charge in [-0.2, -0.15) is 0 Å². The molecule has 0 rings (SSSR count). The number of amides is 1. The Hall–Kier alpha value is -1.28. The number of carbonyl (C=O) groups is 1. The Labute approximate surface area is 493 Å². The van der Waals surface area contributed by atoms with Crippen LogP contribution in [0.5, 0.6) is 0 Å². The lowest BCUT2D eigenvalue weighted by Gasteiger charge is -2.29. The summed E-state index contributed by atoms with van der Waals surface area (Å²) in [6.45, 7) is 4.67. The smallest absolute Gasteiger partial charge is 0.268 e. The average Bonchev–Trinajstić information content (AvgIpc) is 3.42. The molecule has 2 N–H and O–H groups in total. The molecule has 9 heteroatoms. The van der Waals surface area contributed by atoms with Crippen LogP contribution in [0.1, 0.15) is 354 Å². The van der Waals surface area contributed by atoms with Crippen LogP contribution in [-0.4, -0.2) is 68.5 Å². The van der Waals surface area contributed by atoms with Gasteiger partial charge in [-0.25, -0.2) is 0 Å². The molecule has 468 valence electrons. The van der Waals surface area contributed by atoms with Crippen molar-refractivity contribution in [1.82, 2.24) is 5.32 Å². The first-order chi connectivity index (χ1) is 38.5. The molecular weight excluding hydrogens is 996 g/mol. The zero-order chi connectivity index (χ0) is 57.7. The topological polar surface area (TPSA) is 108 Å². The van der Waals surface area contributed by atoms with Crippen molar-refractivity contribution >= 4 is 13.7 Å². The molecule has 0 bridgehead atoms. The molecule has 0 aliphatic rings. The van der Waals surface area contributed by atoms with Crippen LogP contribution in [0.25, 0.3) is 0 Å². The fourth-order valence-electron chi connectivity index (χ4n) is 10.7. The Morgan fingerprint density at radius 3 is 1.03 bits per heavy atom. The first-order valence-corrected chi connectivity index (χ1v) is 36.3. The van der Waals surface area contributed by atoms with Gasteiger partial charge in [0.05, 0.1) is 39.9 Å². The van der Waals surface area contributed by atoms with Gasteiger partial charge in [-0.05, 0) is 44.9 Å². The molecule has 0 aromatic heterocycles. The molecule has 0 saturated carbocycles. The summed E-state index contributed by atoms with van der Waals surface area (Å²) >= 11 is 0. The monoisotopic (exact) mass is 1130 g/mol. The largest absolute Gasteiger partial charge is 0.756 e. The number of aliphatic hydroxyl groups is 1. The second-order valence-corrected chi connectivity index (χ2v) is 26.6. The molecule has 0 aliphatic carbocycles. The SMILES string of the molecule is CCCCCCCCCCC/C=C/CC/C=C/CC/C=C/C(O)C(COP(=O)([O-])OCC[N+](C)(C)C)NC(=O)CCCCCCCCCCCCCCCCCCCCCCCCCCCCCCCCCCCCCCCC. The maximum Gasteiger partial charge on any atom is 0.268 e. The molecule has 79 heavy (non-hydrogen) atoms. The maximum absolute atomic E-state index is 13.0. The van der Waals surface area contributed by atoms with Crippen LogP contribution in [0.4, 0.5) is 0 Å². The van der Waals surface area contributed by atoms with Gasteiger partial charge in [-0.3, -0.25) is 9.36 Å². The van der Waals surface area contributed by atoms with E-state index in [2.05, 4.69) is 43.5 Å². The van der Waals surface area contributed by atoms with Crippen molar-refractivity contribution < 1.29 is 32.9 Å². The Morgan fingerprint density at radius 1 is 0.430 bits per heavy atom. The number of hydrogen-bond donors (Lipinski definition) is 2. The summed E-state index contributed by atoms with van der Waals surface area (Å²) in [5, 5.41) is 13.9. The summed E-state index contributed by atoms with van der Waals surface area (Å²) in [6, 6.07) is -0.909. The minimum atomic E-state index is -4.61. The summed E-state index contributed by atoms with van der Waals surface area (Å²) in [4.78, 5) is 25.6. The van der Waals surface area contributed by atoms with Gasteiger partial charge in [-0.15, -0.1) is 0 Å². The van der Waals surface area contributed by atoms with Crippen molar-refractivity contribution in [2.45, 2.75) is 366 Å². The third-order valence-corrected chi connectivity index (χ3v) is 17.0. The van der Waals surface area contributed by atoms with Crippen LogP contribution in [0.2, 0.25) is 0 Å². The van der Waals surface area contributed by atoms with E-state index in [4.69, 9.17) is 9.05 Å². The third kappa shape index (κ3) is 64.1. The van der Waals surface area contributed by atoms with E-state index >= 15 is 0 Å². The fourth-order valence-corrected chi connectivity index (χ4v) is 11.4. The zero-order valence-electron chi connectivity index (χ0n) is 53.6. The van der Waals surface area contributed by atoms with Gasteiger partial charge >= 0.3 is 0 Å². The molecule has 0 heterocycles. The second-order valence-electron chi connectivity index (χ2n) is 25.2. The van der Waals surface area contributed by atoms with Crippen LogP contribution in [0, 0.1) is 0 Å². The van der Waals surface area contributed by atoms with Crippen molar-refractivity contribution in [2.75, 3.05) is 40.9 Å².